The van der Waals surface area contributed by atoms with E-state index in [1.807, 2.05) is 12.3 Å². The highest BCUT2D eigenvalue weighted by Crippen LogP contribution is 2.31. The lowest BCUT2D eigenvalue weighted by molar-refractivity contribution is -0.141. The Morgan fingerprint density at radius 2 is 2.14 bits per heavy atom. The molecule has 0 saturated carbocycles. The summed E-state index contributed by atoms with van der Waals surface area (Å²) in [6.07, 6.45) is -0.803. The summed E-state index contributed by atoms with van der Waals surface area (Å²) >= 11 is 0. The van der Waals surface area contributed by atoms with Gasteiger partial charge in [-0.1, -0.05) is 6.92 Å². The van der Waals surface area contributed by atoms with Crippen LogP contribution in [0.5, 0.6) is 11.6 Å². The number of ether oxygens (including phenoxy) is 1. The fourth-order valence-electron chi connectivity index (χ4n) is 1.56. The minimum atomic E-state index is -4.63. The Bertz CT molecular complexity index is 612. The van der Waals surface area contributed by atoms with Crippen molar-refractivity contribution in [2.45, 2.75) is 26.1 Å². The monoisotopic (exact) mass is 302 g/mol. The van der Waals surface area contributed by atoms with Gasteiger partial charge in [0.15, 0.2) is 11.4 Å². The number of halogens is 3. The van der Waals surface area contributed by atoms with Crippen LogP contribution in [0.2, 0.25) is 0 Å². The highest BCUT2D eigenvalue weighted by molar-refractivity contribution is 5.32. The quantitative estimate of drug-likeness (QED) is 0.650. The van der Waals surface area contributed by atoms with Gasteiger partial charge in [-0.3, -0.25) is 10.1 Å². The number of hydrazine groups is 1. The summed E-state index contributed by atoms with van der Waals surface area (Å²) in [5, 5.41) is 4.00. The van der Waals surface area contributed by atoms with Crippen molar-refractivity contribution in [3.63, 3.8) is 0 Å². The first-order valence-corrected chi connectivity index (χ1v) is 6.05. The lowest BCUT2D eigenvalue weighted by atomic mass is 10.4. The highest BCUT2D eigenvalue weighted by Gasteiger charge is 2.34. The number of hydrogen-bond acceptors (Lipinski definition) is 6. The second-order valence-corrected chi connectivity index (χ2v) is 4.10. The van der Waals surface area contributed by atoms with Crippen molar-refractivity contribution in [3.05, 3.63) is 24.2 Å². The molecule has 0 fully saturated rings. The van der Waals surface area contributed by atoms with Gasteiger partial charge < -0.3 is 4.74 Å². The lowest BCUT2D eigenvalue weighted by Crippen LogP contribution is -2.15. The van der Waals surface area contributed by atoms with Gasteiger partial charge in [-0.25, -0.2) is 10.8 Å². The van der Waals surface area contributed by atoms with Crippen molar-refractivity contribution in [2.75, 3.05) is 5.43 Å². The summed E-state index contributed by atoms with van der Waals surface area (Å²) in [6.45, 7) is 2.65. The number of alkyl halides is 3. The fourth-order valence-corrected chi connectivity index (χ4v) is 1.56. The largest absolute Gasteiger partial charge is 0.436 e. The summed E-state index contributed by atoms with van der Waals surface area (Å²) < 4.78 is 45.0. The zero-order valence-electron chi connectivity index (χ0n) is 11.1. The molecule has 0 spiro atoms. The van der Waals surface area contributed by atoms with Crippen LogP contribution < -0.4 is 16.0 Å². The predicted octanol–water partition coefficient (Wildman–Crippen LogP) is 2.18. The molecule has 2 aromatic heterocycles. The van der Waals surface area contributed by atoms with Crippen LogP contribution >= 0.6 is 0 Å². The zero-order valence-corrected chi connectivity index (χ0v) is 11.1. The summed E-state index contributed by atoms with van der Waals surface area (Å²) in [4.78, 5) is 6.94. The van der Waals surface area contributed by atoms with E-state index in [0.29, 0.717) is 12.6 Å². The Hall–Kier alpha value is -2.36. The predicted molar refractivity (Wildman–Crippen MR) is 67.4 cm³/mol. The van der Waals surface area contributed by atoms with E-state index in [1.165, 1.54) is 6.20 Å². The lowest BCUT2D eigenvalue weighted by Gasteiger charge is -2.09. The minimum Gasteiger partial charge on any atom is -0.436 e. The van der Waals surface area contributed by atoms with E-state index >= 15 is 0 Å². The van der Waals surface area contributed by atoms with E-state index in [4.69, 9.17) is 10.6 Å². The summed E-state index contributed by atoms with van der Waals surface area (Å²) in [7, 11) is 0. The Kier molecular flexibility index (Phi) is 4.26. The molecule has 2 aromatic rings. The van der Waals surface area contributed by atoms with Gasteiger partial charge in [0.05, 0.1) is 12.4 Å². The van der Waals surface area contributed by atoms with Gasteiger partial charge >= 0.3 is 6.18 Å². The number of hydrogen-bond donors (Lipinski definition) is 2. The molecule has 2 rings (SSSR count). The maximum Gasteiger partial charge on any atom is 0.433 e. The Balaban J connectivity index is 2.25. The smallest absolute Gasteiger partial charge is 0.433 e. The minimum absolute atomic E-state index is 0.276. The van der Waals surface area contributed by atoms with E-state index < -0.39 is 11.9 Å². The van der Waals surface area contributed by atoms with Crippen molar-refractivity contribution in [1.82, 2.24) is 19.7 Å². The topological polar surface area (TPSA) is 90.9 Å². The molecule has 7 nitrogen and oxygen atoms in total. The average Bonchev–Trinajstić information content (AvgIpc) is 2.85. The van der Waals surface area contributed by atoms with Crippen LogP contribution in [0.1, 0.15) is 19.0 Å². The molecular formula is C11H13F3N6O. The number of nitrogens with zero attached hydrogens (tertiary/aromatic N) is 4. The van der Waals surface area contributed by atoms with Crippen molar-refractivity contribution >= 4 is 5.95 Å². The van der Waals surface area contributed by atoms with E-state index in [2.05, 4.69) is 15.1 Å². The first-order chi connectivity index (χ1) is 9.92. The van der Waals surface area contributed by atoms with Crippen LogP contribution in [0.25, 0.3) is 0 Å². The van der Waals surface area contributed by atoms with E-state index in [0.717, 1.165) is 6.42 Å². The Labute approximate surface area is 117 Å². The van der Waals surface area contributed by atoms with Crippen LogP contribution in [0.3, 0.4) is 0 Å². The Morgan fingerprint density at radius 3 is 2.76 bits per heavy atom. The first kappa shape index (κ1) is 15.0. The van der Waals surface area contributed by atoms with Crippen LogP contribution in [0.4, 0.5) is 19.1 Å². The second-order valence-electron chi connectivity index (χ2n) is 4.10. The highest BCUT2D eigenvalue weighted by atomic mass is 19.4. The molecule has 0 radical (unpaired) electrons. The average molecular weight is 302 g/mol. The standard InChI is InChI=1S/C11H13F3N6O/c1-2-3-20-6-7(5-16-20)21-9-4-8(11(12,13)14)17-10(18-9)19-15/h4-6H,2-3,15H2,1H3,(H,17,18,19). The third-order valence-electron chi connectivity index (χ3n) is 2.41. The van der Waals surface area contributed by atoms with Gasteiger partial charge in [-0.05, 0) is 6.42 Å². The number of aromatic nitrogens is 4. The molecule has 0 aliphatic rings. The molecule has 3 N–H and O–H groups in total. The van der Waals surface area contributed by atoms with Gasteiger partial charge in [0, 0.05) is 12.6 Å². The summed E-state index contributed by atoms with van der Waals surface area (Å²) in [5.41, 5.74) is 0.817. The van der Waals surface area contributed by atoms with Crippen molar-refractivity contribution in [2.24, 2.45) is 5.84 Å². The van der Waals surface area contributed by atoms with E-state index in [1.54, 1.807) is 10.9 Å². The zero-order chi connectivity index (χ0) is 15.5. The van der Waals surface area contributed by atoms with E-state index in [-0.39, 0.29) is 17.6 Å². The van der Waals surface area contributed by atoms with Gasteiger partial charge in [0.25, 0.3) is 0 Å². The number of nitrogen functional groups attached to an aromatic ring is 1. The van der Waals surface area contributed by atoms with Crippen molar-refractivity contribution < 1.29 is 17.9 Å². The summed E-state index contributed by atoms with van der Waals surface area (Å²) in [5.74, 6) is 4.66. The SMILES string of the molecule is CCCn1cc(Oc2cc(C(F)(F)F)nc(NN)n2)cn1. The van der Waals surface area contributed by atoms with Crippen LogP contribution in [-0.2, 0) is 12.7 Å². The molecule has 114 valence electrons. The molecule has 0 bridgehead atoms. The molecule has 0 aliphatic heterocycles. The van der Waals surface area contributed by atoms with Crippen molar-refractivity contribution in [1.29, 1.82) is 0 Å². The summed E-state index contributed by atoms with van der Waals surface area (Å²) in [6, 6.07) is 0.692. The molecule has 0 saturated heterocycles. The third kappa shape index (κ3) is 3.81. The van der Waals surface area contributed by atoms with Gasteiger partial charge in [-0.15, -0.1) is 0 Å². The third-order valence-corrected chi connectivity index (χ3v) is 2.41. The first-order valence-electron chi connectivity index (χ1n) is 6.05. The van der Waals surface area contributed by atoms with E-state index in [9.17, 15) is 13.2 Å². The van der Waals surface area contributed by atoms with Gasteiger partial charge in [-0.2, -0.15) is 23.3 Å². The van der Waals surface area contributed by atoms with Crippen LogP contribution in [-0.4, -0.2) is 19.7 Å². The molecule has 0 aromatic carbocycles. The molecule has 0 atom stereocenters. The molecule has 21 heavy (non-hydrogen) atoms. The van der Waals surface area contributed by atoms with Gasteiger partial charge in [0.2, 0.25) is 11.8 Å². The normalized spacial score (nSPS) is 11.5. The second kappa shape index (κ2) is 5.95. The molecule has 10 heteroatoms. The maximum atomic E-state index is 12.7. The molecule has 0 aliphatic carbocycles. The van der Waals surface area contributed by atoms with Crippen LogP contribution in [0, 0.1) is 0 Å². The number of nitrogens with one attached hydrogen (secondary N) is 1. The molecular weight excluding hydrogens is 289 g/mol. The van der Waals surface area contributed by atoms with Gasteiger partial charge in [0.1, 0.15) is 0 Å². The maximum absolute atomic E-state index is 12.7. The Morgan fingerprint density at radius 1 is 1.38 bits per heavy atom. The number of rotatable bonds is 5. The number of nitrogens with two attached hydrogens (primary N) is 1. The fraction of sp³-hybridized carbons (Fsp3) is 0.364. The number of anilines is 1. The van der Waals surface area contributed by atoms with Crippen LogP contribution in [0.15, 0.2) is 18.5 Å². The molecule has 0 amide bonds. The van der Waals surface area contributed by atoms with Crippen molar-refractivity contribution in [3.8, 4) is 11.6 Å². The number of aryl methyl sites for hydroxylation is 1. The molecule has 0 unspecified atom stereocenters. The molecule has 2 heterocycles.